The van der Waals surface area contributed by atoms with Gasteiger partial charge in [0.2, 0.25) is 0 Å². The van der Waals surface area contributed by atoms with E-state index in [0.29, 0.717) is 17.0 Å². The van der Waals surface area contributed by atoms with Crippen LogP contribution in [0.5, 0.6) is 0 Å². The predicted molar refractivity (Wildman–Crippen MR) is 103 cm³/mol. The monoisotopic (exact) mass is 365 g/mol. The minimum absolute atomic E-state index is 0.0281. The molecule has 0 aliphatic carbocycles. The molecule has 27 heavy (non-hydrogen) atoms. The van der Waals surface area contributed by atoms with E-state index in [1.54, 1.807) is 17.5 Å². The van der Waals surface area contributed by atoms with Crippen molar-refractivity contribution in [3.63, 3.8) is 0 Å². The molecule has 0 spiro atoms. The van der Waals surface area contributed by atoms with Crippen molar-refractivity contribution >= 4 is 17.6 Å². The third-order valence-electron chi connectivity index (χ3n) is 4.30. The number of hydrogen-bond donors (Lipinski definition) is 3. The molecule has 3 rings (SSSR count). The lowest BCUT2D eigenvalue weighted by molar-refractivity contribution is 0.0929. The van der Waals surface area contributed by atoms with Crippen LogP contribution in [-0.2, 0) is 6.42 Å². The van der Waals surface area contributed by atoms with Crippen LogP contribution in [0.1, 0.15) is 35.1 Å². The third-order valence-corrected chi connectivity index (χ3v) is 4.30. The summed E-state index contributed by atoms with van der Waals surface area (Å²) in [5.41, 5.74) is 7.73. The lowest BCUT2D eigenvalue weighted by atomic mass is 10.1. The average molecular weight is 365 g/mol. The first-order valence-corrected chi connectivity index (χ1v) is 8.89. The van der Waals surface area contributed by atoms with E-state index in [2.05, 4.69) is 33.3 Å². The summed E-state index contributed by atoms with van der Waals surface area (Å²) in [5, 5.41) is 2.82. The summed E-state index contributed by atoms with van der Waals surface area (Å²) in [6.07, 6.45) is 3.43. The van der Waals surface area contributed by atoms with Crippen LogP contribution in [0.3, 0.4) is 0 Å². The number of nitrogens with zero attached hydrogens (tertiary/aromatic N) is 2. The largest absolute Gasteiger partial charge is 0.334 e. The molecule has 3 aromatic rings. The van der Waals surface area contributed by atoms with Crippen LogP contribution in [0.2, 0.25) is 0 Å². The Bertz CT molecular complexity index is 936. The van der Waals surface area contributed by atoms with Crippen molar-refractivity contribution in [1.82, 2.24) is 25.6 Å². The zero-order valence-corrected chi connectivity index (χ0v) is 15.4. The summed E-state index contributed by atoms with van der Waals surface area (Å²) >= 11 is 0. The molecule has 1 atom stereocenters. The van der Waals surface area contributed by atoms with Gasteiger partial charge >= 0.3 is 6.03 Å². The van der Waals surface area contributed by atoms with Crippen molar-refractivity contribution in [2.45, 2.75) is 32.7 Å². The van der Waals surface area contributed by atoms with E-state index in [4.69, 9.17) is 0 Å². The van der Waals surface area contributed by atoms with Gasteiger partial charge in [-0.3, -0.25) is 14.6 Å². The van der Waals surface area contributed by atoms with Crippen LogP contribution in [0.4, 0.5) is 4.79 Å². The maximum absolute atomic E-state index is 12.4. The molecule has 0 saturated carbocycles. The van der Waals surface area contributed by atoms with Gasteiger partial charge in [-0.15, -0.1) is 0 Å². The second-order valence-electron chi connectivity index (χ2n) is 6.45. The lowest BCUT2D eigenvalue weighted by Crippen LogP contribution is -2.49. The normalized spacial score (nSPS) is 11.8. The second-order valence-corrected chi connectivity index (χ2v) is 6.45. The van der Waals surface area contributed by atoms with Gasteiger partial charge in [-0.05, 0) is 44.4 Å². The third kappa shape index (κ3) is 4.63. The van der Waals surface area contributed by atoms with E-state index in [1.165, 1.54) is 5.56 Å². The van der Waals surface area contributed by atoms with E-state index in [0.717, 1.165) is 12.8 Å². The molecule has 3 amide bonds. The number of carbonyl (C=O) groups excluding carboxylic acids is 2. The highest BCUT2D eigenvalue weighted by Gasteiger charge is 2.17. The van der Waals surface area contributed by atoms with Crippen LogP contribution in [-0.4, -0.2) is 27.4 Å². The van der Waals surface area contributed by atoms with E-state index in [-0.39, 0.29) is 6.04 Å². The fourth-order valence-electron chi connectivity index (χ4n) is 2.92. The summed E-state index contributed by atoms with van der Waals surface area (Å²) in [6, 6.07) is 15.1. The SMILES string of the molecule is Cc1nc2ccccn2c1C(=O)NNC(=O)N[C@@H](C)CCc1ccccc1. The molecule has 140 valence electrons. The molecular formula is C20H23N5O2. The molecule has 0 aliphatic heterocycles. The van der Waals surface area contributed by atoms with Crippen molar-refractivity contribution in [1.29, 1.82) is 0 Å². The molecule has 0 radical (unpaired) electrons. The van der Waals surface area contributed by atoms with E-state index < -0.39 is 11.9 Å². The zero-order chi connectivity index (χ0) is 19.2. The molecule has 2 aromatic heterocycles. The van der Waals surface area contributed by atoms with Gasteiger partial charge in [0.05, 0.1) is 5.69 Å². The highest BCUT2D eigenvalue weighted by atomic mass is 16.2. The van der Waals surface area contributed by atoms with Gasteiger partial charge in [-0.2, -0.15) is 0 Å². The first-order chi connectivity index (χ1) is 13.0. The highest BCUT2D eigenvalue weighted by Crippen LogP contribution is 2.11. The van der Waals surface area contributed by atoms with Crippen LogP contribution in [0.25, 0.3) is 5.65 Å². The first kappa shape index (κ1) is 18.4. The minimum Gasteiger partial charge on any atom is -0.334 e. The number of benzene rings is 1. The maximum atomic E-state index is 12.4. The number of fused-ring (bicyclic) bond motifs is 1. The molecular weight excluding hydrogens is 342 g/mol. The van der Waals surface area contributed by atoms with Gasteiger partial charge in [0, 0.05) is 12.2 Å². The summed E-state index contributed by atoms with van der Waals surface area (Å²) in [5.74, 6) is -0.418. The second kappa shape index (κ2) is 8.35. The topological polar surface area (TPSA) is 87.5 Å². The number of hydrazine groups is 1. The van der Waals surface area contributed by atoms with Gasteiger partial charge in [0.1, 0.15) is 11.3 Å². The van der Waals surface area contributed by atoms with Crippen LogP contribution in [0.15, 0.2) is 54.7 Å². The number of pyridine rings is 1. The van der Waals surface area contributed by atoms with Crippen LogP contribution >= 0.6 is 0 Å². The fraction of sp³-hybridized carbons (Fsp3) is 0.250. The van der Waals surface area contributed by atoms with Crippen molar-refractivity contribution in [2.24, 2.45) is 0 Å². The number of aromatic nitrogens is 2. The Morgan fingerprint density at radius 2 is 1.81 bits per heavy atom. The van der Waals surface area contributed by atoms with Crippen molar-refractivity contribution in [3.05, 3.63) is 71.7 Å². The maximum Gasteiger partial charge on any atom is 0.333 e. The van der Waals surface area contributed by atoms with E-state index in [9.17, 15) is 9.59 Å². The number of nitrogens with one attached hydrogen (secondary N) is 3. The van der Waals surface area contributed by atoms with Gasteiger partial charge in [0.15, 0.2) is 0 Å². The summed E-state index contributed by atoms with van der Waals surface area (Å²) < 4.78 is 1.69. The smallest absolute Gasteiger partial charge is 0.333 e. The number of rotatable bonds is 5. The Labute approximate surface area is 157 Å². The minimum atomic E-state index is -0.449. The molecule has 0 aliphatic rings. The molecule has 0 saturated heterocycles. The standard InChI is InChI=1S/C20H23N5O2/c1-14(11-12-16-8-4-3-5-9-16)21-20(27)24-23-19(26)18-15(2)22-17-10-6-7-13-25(17)18/h3-10,13-14H,11-12H2,1-2H3,(H,23,26)(H2,21,24,27)/t14-/m0/s1. The van der Waals surface area contributed by atoms with Crippen LogP contribution in [0, 0.1) is 6.92 Å². The van der Waals surface area contributed by atoms with Gasteiger partial charge in [0.25, 0.3) is 5.91 Å². The Morgan fingerprint density at radius 1 is 1.07 bits per heavy atom. The lowest BCUT2D eigenvalue weighted by Gasteiger charge is -2.15. The van der Waals surface area contributed by atoms with Gasteiger partial charge in [-0.1, -0.05) is 36.4 Å². The van der Waals surface area contributed by atoms with Crippen LogP contribution < -0.4 is 16.2 Å². The molecule has 1 aromatic carbocycles. The van der Waals surface area contributed by atoms with E-state index in [1.807, 2.05) is 43.3 Å². The number of urea groups is 1. The first-order valence-electron chi connectivity index (χ1n) is 8.89. The molecule has 0 bridgehead atoms. The Kier molecular flexibility index (Phi) is 5.71. The van der Waals surface area contributed by atoms with Crippen molar-refractivity contribution in [3.8, 4) is 0 Å². The summed E-state index contributed by atoms with van der Waals surface area (Å²) in [4.78, 5) is 28.8. The number of imidazole rings is 1. The Balaban J connectivity index is 1.49. The predicted octanol–water partition coefficient (Wildman–Crippen LogP) is 2.61. The molecule has 0 unspecified atom stereocenters. The Hall–Kier alpha value is -3.35. The van der Waals surface area contributed by atoms with E-state index >= 15 is 0 Å². The quantitative estimate of drug-likeness (QED) is 0.608. The summed E-state index contributed by atoms with van der Waals surface area (Å²) in [7, 11) is 0. The number of aryl methyl sites for hydroxylation is 2. The van der Waals surface area contributed by atoms with Crippen molar-refractivity contribution in [2.75, 3.05) is 0 Å². The molecule has 0 fully saturated rings. The van der Waals surface area contributed by atoms with Gasteiger partial charge < -0.3 is 5.32 Å². The molecule has 3 N–H and O–H groups in total. The zero-order valence-electron chi connectivity index (χ0n) is 15.4. The number of amides is 3. The van der Waals surface area contributed by atoms with Crippen molar-refractivity contribution < 1.29 is 9.59 Å². The number of carbonyl (C=O) groups is 2. The molecule has 7 nitrogen and oxygen atoms in total. The molecule has 2 heterocycles. The van der Waals surface area contributed by atoms with Gasteiger partial charge in [-0.25, -0.2) is 15.2 Å². The highest BCUT2D eigenvalue weighted by molar-refractivity contribution is 5.95. The Morgan fingerprint density at radius 3 is 2.59 bits per heavy atom. The summed E-state index contributed by atoms with van der Waals surface area (Å²) in [6.45, 7) is 3.69. The average Bonchev–Trinajstić information content (AvgIpc) is 3.01. The fourth-order valence-corrected chi connectivity index (χ4v) is 2.92. The molecule has 7 heteroatoms. The number of hydrogen-bond acceptors (Lipinski definition) is 3.